The molecule has 6 fully saturated rings. The van der Waals surface area contributed by atoms with E-state index in [0.717, 1.165) is 99.6 Å². The minimum atomic E-state index is -0.692. The third-order valence-corrected chi connectivity index (χ3v) is 28.4. The highest BCUT2D eigenvalue weighted by Gasteiger charge is 2.44. The molecular weight excluding hydrogens is 2180 g/mol. The van der Waals surface area contributed by atoms with Crippen LogP contribution in [0.1, 0.15) is 167 Å². The monoisotopic (exact) mass is 2270 g/mol. The van der Waals surface area contributed by atoms with Crippen LogP contribution in [-0.4, -0.2) is 205 Å². The highest BCUT2D eigenvalue weighted by molar-refractivity contribution is 9.11. The average molecular weight is 2280 g/mol. The first-order valence-corrected chi connectivity index (χ1v) is 49.6. The number of nitrogens with zero attached hydrogens (tertiary/aromatic N) is 15. The molecule has 140 heavy (non-hydrogen) atoms. The van der Waals surface area contributed by atoms with Crippen LogP contribution in [-0.2, 0) is 52.2 Å². The first-order chi connectivity index (χ1) is 67.2. The number of hydrogen-bond donors (Lipinski definition) is 7. The number of aliphatic hydroxyl groups excluding tert-OH is 3. The molecule has 6 aliphatic heterocycles. The number of ether oxygens (including phenoxy) is 10. The summed E-state index contributed by atoms with van der Waals surface area (Å²) in [6.45, 7) is 15.9. The second kappa shape index (κ2) is 46.2. The number of carbonyl (C=O) groups excluding carboxylic acids is 5. The zero-order valence-corrected chi connectivity index (χ0v) is 86.3. The van der Waals surface area contributed by atoms with Crippen LogP contribution in [0.25, 0.3) is 55.2 Å². The topological polar surface area (TPSA) is 496 Å². The molecular formula is C96H102Br5Cl2N19O18. The Morgan fingerprint density at radius 1 is 0.400 bits per heavy atom. The van der Waals surface area contributed by atoms with Gasteiger partial charge in [-0.2, -0.15) is 0 Å². The fourth-order valence-electron chi connectivity index (χ4n) is 17.1. The van der Waals surface area contributed by atoms with E-state index in [1.807, 2.05) is 115 Å². The summed E-state index contributed by atoms with van der Waals surface area (Å²) in [7, 11) is 0. The van der Waals surface area contributed by atoms with Crippen LogP contribution in [0.15, 0.2) is 182 Å². The maximum Gasteiger partial charge on any atom is 0.338 e. The number of aliphatic hydroxyl groups is 3. The van der Waals surface area contributed by atoms with Crippen molar-refractivity contribution >= 4 is 211 Å². The summed E-state index contributed by atoms with van der Waals surface area (Å²) in [5, 5.41) is 32.3. The molecule has 0 unspecified atom stereocenters. The van der Waals surface area contributed by atoms with Gasteiger partial charge in [-0.3, -0.25) is 0 Å². The van der Waals surface area contributed by atoms with E-state index in [2.05, 4.69) is 155 Å². The molecule has 0 amide bonds. The maximum absolute atomic E-state index is 12.9. The zero-order chi connectivity index (χ0) is 99.8. The minimum Gasteiger partial charge on any atom is -0.459 e. The van der Waals surface area contributed by atoms with Gasteiger partial charge in [-0.05, 0) is 199 Å². The molecule has 10 aromatic heterocycles. The predicted molar refractivity (Wildman–Crippen MR) is 538 cm³/mol. The predicted octanol–water partition coefficient (Wildman–Crippen LogP) is 17.0. The number of anilines is 4. The Bertz CT molecular complexity index is 6510. The van der Waals surface area contributed by atoms with Gasteiger partial charge in [0.05, 0.1) is 80.7 Å². The molecule has 0 spiro atoms. The van der Waals surface area contributed by atoms with E-state index < -0.39 is 72.3 Å². The van der Waals surface area contributed by atoms with Crippen molar-refractivity contribution in [3.05, 3.63) is 232 Å². The maximum atomic E-state index is 12.9. The molecule has 0 radical (unpaired) electrons. The Balaban J connectivity index is 0.000000130. The Kier molecular flexibility index (Phi) is 34.2. The summed E-state index contributed by atoms with van der Waals surface area (Å²) < 4.78 is 71.0. The van der Waals surface area contributed by atoms with E-state index >= 15 is 0 Å². The molecule has 0 saturated carbocycles. The normalized spacial score (nSPS) is 24.0. The first kappa shape index (κ1) is 104. The number of esters is 4. The van der Waals surface area contributed by atoms with Crippen molar-refractivity contribution in [3.63, 3.8) is 0 Å². The minimum absolute atomic E-state index is 0.0306. The molecule has 20 rings (SSSR count). The Labute approximate surface area is 855 Å². The summed E-state index contributed by atoms with van der Waals surface area (Å²) in [4.78, 5) is 102. The molecule has 0 bridgehead atoms. The Hall–Kier alpha value is -10.7. The van der Waals surface area contributed by atoms with Gasteiger partial charge in [0.25, 0.3) is 0 Å². The molecule has 37 nitrogen and oxygen atoms in total. The van der Waals surface area contributed by atoms with Crippen LogP contribution >= 0.6 is 103 Å². The molecule has 18 atom stereocenters. The van der Waals surface area contributed by atoms with Crippen molar-refractivity contribution in [2.24, 2.45) is 17.8 Å². The second-order valence-corrected chi connectivity index (χ2v) is 39.8. The van der Waals surface area contributed by atoms with Gasteiger partial charge in [0.1, 0.15) is 181 Å². The van der Waals surface area contributed by atoms with Gasteiger partial charge < -0.3 is 113 Å². The lowest BCUT2D eigenvalue weighted by atomic mass is 10.0. The molecule has 738 valence electrons. The summed E-state index contributed by atoms with van der Waals surface area (Å²) >= 11 is 29.7. The molecule has 11 N–H and O–H groups in total. The quantitative estimate of drug-likeness (QED) is 0.0130. The van der Waals surface area contributed by atoms with Crippen molar-refractivity contribution in [1.29, 1.82) is 0 Å². The molecule has 16 heterocycles. The molecule has 6 aliphatic rings. The number of nitrogen functional groups attached to an aromatic ring is 4. The average Bonchev–Trinajstić information content (AvgIpc) is 1.61. The van der Waals surface area contributed by atoms with Gasteiger partial charge >= 0.3 is 23.9 Å². The summed E-state index contributed by atoms with van der Waals surface area (Å²) in [5.74, 6) is 0.936. The fourth-order valence-corrected chi connectivity index (χ4v) is 20.7. The standard InChI is InChI=1S/C27H23BrClN3O5.C21H21ClO5.C13H17BrN4O.C12H15BrN4O2.C12H13BrN4O2.C11H13BrN4O3/c1-15-3-7-17(8-4-15)26(33)35-13-21-20(37-27(34)18-9-5-16(2)6-10-18)11-22(36-21)32-12-19(28)23-24(29)30-14-31-25(23)32;1-13-3-7-15(8-4-13)20(23)25-12-18-17(11-19(22)26-18)27-21(24)16-9-5-14(2)6-10-16;1-3-9-7(2)4-10(19-9)18-5-8(14)11-12(15)16-6-17-13(11)18;2*1-6-2-9(19-8(6)4-18)17-3-7(13)10-11(14)15-5-16-12(10)17;12-5-2-16(8-1-6(18)7(3-17)19-8)11-9(5)10(13)14-4-15-11/h3-10,12,14,20-22H,11,13H2,1-2H3;3-10,17-19H,11-12H2,1-2H3;5-7,9-10H,3-4H2,1-2H3,(H2,15,16,17);3,5-6,8-9,18H,2,4H2,1H3,(H2,14,15,16);3-6,8-9H,2H2,1H3,(H2,14,15,16);2,4,6-8,17-18H,1,3H2,(H2,13,14,15)/t20-,21+,22+;17-,18+,19-;7-,9+,10+;2*6-,8+,9+;6-,7+,8+/m000000/s1. The van der Waals surface area contributed by atoms with Gasteiger partial charge in [-0.15, -0.1) is 0 Å². The largest absolute Gasteiger partial charge is 0.459 e. The number of aromatic nitrogens is 15. The number of carbonyl (C=O) groups is 5. The molecule has 4 aromatic carbocycles. The molecule has 44 heteroatoms. The SMILES string of the molecule is CC[C@H]1O[C@@H](n2cc(Br)c3c(N)ncnc32)C[C@@H]1C.C[C@H]1C[C@H](n2cc(Br)c3c(N)ncnc32)O[C@@H]1C=O.C[C@H]1C[C@H](n2cc(Br)c3c(N)ncnc32)O[C@@H]1CO.Cc1ccc(C(=O)OC[C@H]2O[C@@H](n3cc(Br)c4c(Cl)ncnc43)C[C@@H]2OC(=O)c2ccc(C)cc2)cc1.Cc1ccc(C(=O)OC[C@H]2O[C@H](Cl)C[C@@H]2OC(=O)c2ccc(C)cc2)cc1.Nc1ncnc2c1c(Br)cn2[C@H]1C[C@H](O)[C@@H](CO)O1. The van der Waals surface area contributed by atoms with Crippen LogP contribution in [0.2, 0.25) is 5.15 Å². The van der Waals surface area contributed by atoms with Crippen LogP contribution in [0.4, 0.5) is 23.3 Å². The number of halogens is 7. The van der Waals surface area contributed by atoms with Crippen LogP contribution in [0.5, 0.6) is 0 Å². The number of nitrogens with two attached hydrogens (primary N) is 4. The first-order valence-electron chi connectivity index (χ1n) is 44.9. The molecule has 0 aliphatic carbocycles. The fraction of sp³-hybridized carbons (Fsp3) is 0.385. The number of hydrogen-bond acceptors (Lipinski definition) is 32. The van der Waals surface area contributed by atoms with E-state index in [9.17, 15) is 34.2 Å². The molecule has 6 saturated heterocycles. The summed E-state index contributed by atoms with van der Waals surface area (Å²) in [6, 6.07) is 28.4. The van der Waals surface area contributed by atoms with Gasteiger partial charge in [0.2, 0.25) is 0 Å². The van der Waals surface area contributed by atoms with Gasteiger partial charge in [-0.1, -0.05) is 122 Å². The lowest BCUT2D eigenvalue weighted by Crippen LogP contribution is -2.32. The third kappa shape index (κ3) is 23.6. The highest BCUT2D eigenvalue weighted by Crippen LogP contribution is 2.45. The lowest BCUT2D eigenvalue weighted by molar-refractivity contribution is -0.120. The number of fused-ring (bicyclic) bond motifs is 5. The number of alkyl halides is 1. The highest BCUT2D eigenvalue weighted by atomic mass is 79.9. The Morgan fingerprint density at radius 3 is 1.05 bits per heavy atom. The van der Waals surface area contributed by atoms with Crippen molar-refractivity contribution in [3.8, 4) is 0 Å². The third-order valence-electron chi connectivity index (χ3n) is 24.8. The van der Waals surface area contributed by atoms with E-state index in [4.69, 9.17) is 98.6 Å². The van der Waals surface area contributed by atoms with Gasteiger partial charge in [-0.25, -0.2) is 69.0 Å². The van der Waals surface area contributed by atoms with Crippen molar-refractivity contribution in [2.45, 2.75) is 192 Å². The van der Waals surface area contributed by atoms with Crippen LogP contribution < -0.4 is 22.9 Å². The van der Waals surface area contributed by atoms with Crippen molar-refractivity contribution in [1.82, 2.24) is 72.7 Å². The number of rotatable bonds is 19. The van der Waals surface area contributed by atoms with Gasteiger partial charge in [0, 0.05) is 72.6 Å². The van der Waals surface area contributed by atoms with Crippen LogP contribution in [0, 0.1) is 45.4 Å². The van der Waals surface area contributed by atoms with Crippen molar-refractivity contribution < 1.29 is 86.7 Å². The van der Waals surface area contributed by atoms with Crippen LogP contribution in [0.3, 0.4) is 0 Å². The molecule has 14 aromatic rings. The van der Waals surface area contributed by atoms with Gasteiger partial charge in [0.15, 0.2) is 0 Å². The number of benzene rings is 4. The summed E-state index contributed by atoms with van der Waals surface area (Å²) in [6.07, 6.45) is 16.9. The van der Waals surface area contributed by atoms with E-state index in [1.165, 1.54) is 31.6 Å². The van der Waals surface area contributed by atoms with Crippen molar-refractivity contribution in [2.75, 3.05) is 49.4 Å². The lowest BCUT2D eigenvalue weighted by Gasteiger charge is -2.19. The number of aldehydes is 1. The zero-order valence-electron chi connectivity index (χ0n) is 76.9. The smallest absolute Gasteiger partial charge is 0.338 e. The van der Waals surface area contributed by atoms with E-state index in [1.54, 1.807) is 65.5 Å². The Morgan fingerprint density at radius 2 is 0.700 bits per heavy atom. The second-order valence-electron chi connectivity index (χ2n) is 34.6. The van der Waals surface area contributed by atoms with E-state index in [-0.39, 0.29) is 69.5 Å². The van der Waals surface area contributed by atoms with E-state index in [0.29, 0.717) is 120 Å². The number of aryl methyl sites for hydroxylation is 4. The summed E-state index contributed by atoms with van der Waals surface area (Å²) in [5.41, 5.74) is 32.3.